The van der Waals surface area contributed by atoms with Crippen LogP contribution in [0.3, 0.4) is 0 Å². The van der Waals surface area contributed by atoms with E-state index in [0.29, 0.717) is 23.3 Å². The molecule has 0 atom stereocenters. The van der Waals surface area contributed by atoms with Gasteiger partial charge in [-0.05, 0) is 33.1 Å². The minimum absolute atomic E-state index is 0.0867. The van der Waals surface area contributed by atoms with Crippen LogP contribution in [0.5, 0.6) is 0 Å². The molecular weight excluding hydrogens is 200 g/mol. The SMILES string of the molecule is CC(C)NC(NC(C)C)[SiH2]CC(C)(C)C. The van der Waals surface area contributed by atoms with Crippen LogP contribution in [0.25, 0.3) is 0 Å². The van der Waals surface area contributed by atoms with Crippen LogP contribution >= 0.6 is 0 Å². The number of hydrogen-bond donors (Lipinski definition) is 2. The van der Waals surface area contributed by atoms with Gasteiger partial charge >= 0.3 is 0 Å². The molecule has 0 aliphatic heterocycles. The minimum atomic E-state index is -0.0867. The highest BCUT2D eigenvalue weighted by atomic mass is 28.2. The highest BCUT2D eigenvalue weighted by molar-refractivity contribution is 6.37. The smallest absolute Gasteiger partial charge is 0.0591 e. The fourth-order valence-corrected chi connectivity index (χ4v) is 4.03. The molecular formula is C12H30N2Si. The van der Waals surface area contributed by atoms with E-state index in [-0.39, 0.29) is 9.52 Å². The van der Waals surface area contributed by atoms with Gasteiger partial charge in [0.1, 0.15) is 0 Å². The lowest BCUT2D eigenvalue weighted by Crippen LogP contribution is -2.52. The van der Waals surface area contributed by atoms with Gasteiger partial charge in [-0.3, -0.25) is 0 Å². The van der Waals surface area contributed by atoms with Gasteiger partial charge in [0.15, 0.2) is 0 Å². The summed E-state index contributed by atoms with van der Waals surface area (Å²) >= 11 is 0. The molecule has 2 N–H and O–H groups in total. The molecule has 0 amide bonds. The molecule has 0 bridgehead atoms. The maximum absolute atomic E-state index is 3.63. The van der Waals surface area contributed by atoms with Crippen LogP contribution in [-0.2, 0) is 0 Å². The summed E-state index contributed by atoms with van der Waals surface area (Å²) < 4.78 is 0. The van der Waals surface area contributed by atoms with E-state index >= 15 is 0 Å². The molecule has 0 aliphatic carbocycles. The second-order valence-corrected chi connectivity index (χ2v) is 8.19. The molecule has 92 valence electrons. The predicted octanol–water partition coefficient (Wildman–Crippen LogP) is 1.90. The second kappa shape index (κ2) is 6.66. The standard InChI is InChI=1S/C12H30N2Si/c1-9(2)13-11(14-10(3)4)15-8-12(5,6)7/h9-11,13-14H,8,15H2,1-7H3. The van der Waals surface area contributed by atoms with Gasteiger partial charge in [0.25, 0.3) is 0 Å². The van der Waals surface area contributed by atoms with Gasteiger partial charge in [-0.2, -0.15) is 0 Å². The zero-order chi connectivity index (χ0) is 12.1. The lowest BCUT2D eigenvalue weighted by atomic mass is 10.0. The van der Waals surface area contributed by atoms with Crippen LogP contribution in [0.15, 0.2) is 0 Å². The van der Waals surface area contributed by atoms with Crippen molar-refractivity contribution in [1.29, 1.82) is 0 Å². The summed E-state index contributed by atoms with van der Waals surface area (Å²) in [7, 11) is -0.0867. The van der Waals surface area contributed by atoms with E-state index in [9.17, 15) is 0 Å². The Labute approximate surface area is 98.4 Å². The average molecular weight is 230 g/mol. The van der Waals surface area contributed by atoms with E-state index in [2.05, 4.69) is 59.1 Å². The van der Waals surface area contributed by atoms with Crippen LogP contribution in [0.2, 0.25) is 6.04 Å². The summed E-state index contributed by atoms with van der Waals surface area (Å²) in [5.74, 6) is 0.587. The van der Waals surface area contributed by atoms with E-state index < -0.39 is 0 Å². The van der Waals surface area contributed by atoms with Crippen molar-refractivity contribution >= 4 is 9.52 Å². The van der Waals surface area contributed by atoms with Crippen LogP contribution < -0.4 is 10.6 Å². The average Bonchev–Trinajstić information content (AvgIpc) is 1.96. The summed E-state index contributed by atoms with van der Waals surface area (Å²) in [4.78, 5) is 0. The Morgan fingerprint density at radius 1 is 0.933 bits per heavy atom. The fraction of sp³-hybridized carbons (Fsp3) is 1.00. The van der Waals surface area contributed by atoms with E-state index in [0.717, 1.165) is 0 Å². The Morgan fingerprint density at radius 2 is 1.33 bits per heavy atom. The Morgan fingerprint density at radius 3 is 1.60 bits per heavy atom. The maximum atomic E-state index is 3.63. The normalized spacial score (nSPS) is 14.0. The molecule has 3 heteroatoms. The van der Waals surface area contributed by atoms with Crippen LogP contribution in [-0.4, -0.2) is 27.4 Å². The number of nitrogens with one attached hydrogen (secondary N) is 2. The molecule has 0 aromatic carbocycles. The Kier molecular flexibility index (Phi) is 6.72. The van der Waals surface area contributed by atoms with Gasteiger partial charge in [-0.15, -0.1) is 0 Å². The summed E-state index contributed by atoms with van der Waals surface area (Å²) in [5.41, 5.74) is 0.488. The van der Waals surface area contributed by atoms with Gasteiger partial charge in [0.2, 0.25) is 0 Å². The van der Waals surface area contributed by atoms with Crippen LogP contribution in [0.4, 0.5) is 0 Å². The van der Waals surface area contributed by atoms with Crippen molar-refractivity contribution in [3.8, 4) is 0 Å². The van der Waals surface area contributed by atoms with Crippen molar-refractivity contribution in [2.75, 3.05) is 0 Å². The highest BCUT2D eigenvalue weighted by Gasteiger charge is 2.16. The maximum Gasteiger partial charge on any atom is 0.0591 e. The van der Waals surface area contributed by atoms with Gasteiger partial charge < -0.3 is 10.6 Å². The van der Waals surface area contributed by atoms with Crippen molar-refractivity contribution < 1.29 is 0 Å². The Balaban J connectivity index is 4.01. The summed E-state index contributed by atoms with van der Waals surface area (Å²) in [6.07, 6.45) is 0. The first-order valence-corrected chi connectivity index (χ1v) is 8.04. The van der Waals surface area contributed by atoms with E-state index in [1.54, 1.807) is 0 Å². The molecule has 2 nitrogen and oxygen atoms in total. The fourth-order valence-electron chi connectivity index (χ4n) is 1.60. The third-order valence-corrected chi connectivity index (χ3v) is 5.09. The molecule has 0 rings (SSSR count). The molecule has 0 saturated heterocycles. The molecule has 0 spiro atoms. The zero-order valence-corrected chi connectivity index (χ0v) is 13.1. The largest absolute Gasteiger partial charge is 0.303 e. The molecule has 0 aliphatic rings. The van der Waals surface area contributed by atoms with Gasteiger partial charge in [-0.25, -0.2) is 0 Å². The van der Waals surface area contributed by atoms with Crippen molar-refractivity contribution in [3.05, 3.63) is 0 Å². The first-order valence-electron chi connectivity index (χ1n) is 6.23. The Hall–Kier alpha value is 0.137. The van der Waals surface area contributed by atoms with Crippen molar-refractivity contribution in [3.63, 3.8) is 0 Å². The third-order valence-electron chi connectivity index (χ3n) is 2.25. The van der Waals surface area contributed by atoms with Crippen LogP contribution in [0, 0.1) is 5.41 Å². The van der Waals surface area contributed by atoms with Crippen molar-refractivity contribution in [1.82, 2.24) is 10.6 Å². The number of hydrogen-bond acceptors (Lipinski definition) is 2. The van der Waals surface area contributed by atoms with Gasteiger partial charge in [0, 0.05) is 17.9 Å². The summed E-state index contributed by atoms with van der Waals surface area (Å²) in [6.45, 7) is 15.9. The molecule has 0 unspecified atom stereocenters. The van der Waals surface area contributed by atoms with E-state index in [1.165, 1.54) is 6.04 Å². The Bertz CT molecular complexity index is 151. The topological polar surface area (TPSA) is 24.1 Å². The van der Waals surface area contributed by atoms with E-state index in [4.69, 9.17) is 0 Å². The first-order chi connectivity index (χ1) is 6.70. The number of rotatable bonds is 6. The van der Waals surface area contributed by atoms with Gasteiger partial charge in [-0.1, -0.05) is 26.8 Å². The zero-order valence-electron chi connectivity index (χ0n) is 11.6. The second-order valence-electron chi connectivity index (χ2n) is 6.29. The molecule has 0 aromatic rings. The minimum Gasteiger partial charge on any atom is -0.303 e. The van der Waals surface area contributed by atoms with Crippen molar-refractivity contribution in [2.45, 2.75) is 72.4 Å². The lowest BCUT2D eigenvalue weighted by molar-refractivity contribution is 0.428. The predicted molar refractivity (Wildman–Crippen MR) is 73.1 cm³/mol. The molecule has 0 radical (unpaired) electrons. The molecule has 15 heavy (non-hydrogen) atoms. The molecule has 0 saturated carbocycles. The molecule has 0 fully saturated rings. The summed E-state index contributed by atoms with van der Waals surface area (Å²) in [6, 6.07) is 2.54. The molecule has 0 heterocycles. The van der Waals surface area contributed by atoms with E-state index in [1.807, 2.05) is 0 Å². The highest BCUT2D eigenvalue weighted by Crippen LogP contribution is 2.18. The third kappa shape index (κ3) is 10.4. The summed E-state index contributed by atoms with van der Waals surface area (Å²) in [5, 5.41) is 7.27. The quantitative estimate of drug-likeness (QED) is 0.538. The first kappa shape index (κ1) is 15.1. The van der Waals surface area contributed by atoms with Gasteiger partial charge in [0.05, 0.1) is 9.52 Å². The van der Waals surface area contributed by atoms with Crippen LogP contribution in [0.1, 0.15) is 48.5 Å². The molecule has 0 aromatic heterocycles. The monoisotopic (exact) mass is 230 g/mol. The van der Waals surface area contributed by atoms with Crippen molar-refractivity contribution in [2.24, 2.45) is 5.41 Å². The lowest BCUT2D eigenvalue weighted by Gasteiger charge is -2.27.